The summed E-state index contributed by atoms with van der Waals surface area (Å²) in [5.74, 6) is 1.65. The van der Waals surface area contributed by atoms with Crippen LogP contribution in [0.1, 0.15) is 203 Å². The van der Waals surface area contributed by atoms with Gasteiger partial charge in [-0.3, -0.25) is 0 Å². The average molecular weight is 783 g/mol. The number of esters is 1. The first kappa shape index (κ1) is 46.3. The molecule has 57 heavy (non-hydrogen) atoms. The standard InChI is InChI=1S/C51H76NO5/c1-5-7-9-11-13-15-17-19-21-23-25-41-55-46-33-27-43(28-34-46)49(53)57-48-37-31-45(32-38-48)51(4)40-39-50(3,52(51)54)44-29-35-47(36-30-44)56-42-26-24-22-20-18-16-14-12-10-8-6-2/h27-38H,5-26,39-42H2,1-4H3/t50-,51-/m0/s1. The van der Waals surface area contributed by atoms with Gasteiger partial charge in [-0.05, 0) is 99.2 Å². The molecule has 1 heterocycles. The van der Waals surface area contributed by atoms with Gasteiger partial charge in [0.05, 0.1) is 29.9 Å². The molecule has 0 N–H and O–H groups in total. The number of carbonyl (C=O) groups is 1. The Balaban J connectivity index is 1.14. The molecule has 0 bridgehead atoms. The van der Waals surface area contributed by atoms with Gasteiger partial charge in [0, 0.05) is 0 Å². The molecule has 2 atom stereocenters. The summed E-state index contributed by atoms with van der Waals surface area (Å²) in [6, 6.07) is 22.7. The molecular formula is C51H76NO5. The van der Waals surface area contributed by atoms with Crippen LogP contribution < -0.4 is 14.2 Å². The minimum absolute atomic E-state index is 0.420. The van der Waals surface area contributed by atoms with Crippen LogP contribution in [0.4, 0.5) is 0 Å². The number of rotatable bonds is 30. The molecule has 1 aliphatic rings. The number of unbranched alkanes of at least 4 members (excludes halogenated alkanes) is 20. The van der Waals surface area contributed by atoms with E-state index in [1.165, 1.54) is 133 Å². The highest BCUT2D eigenvalue weighted by Gasteiger charge is 2.52. The van der Waals surface area contributed by atoms with Crippen molar-refractivity contribution in [2.45, 2.75) is 193 Å². The van der Waals surface area contributed by atoms with Crippen molar-refractivity contribution in [1.29, 1.82) is 0 Å². The van der Waals surface area contributed by atoms with Crippen LogP contribution in [0.5, 0.6) is 17.2 Å². The molecule has 6 nitrogen and oxygen atoms in total. The van der Waals surface area contributed by atoms with Crippen LogP contribution in [0.3, 0.4) is 0 Å². The minimum atomic E-state index is -0.703. The second-order valence-electron chi connectivity index (χ2n) is 17.1. The maximum atomic E-state index is 14.1. The van der Waals surface area contributed by atoms with Gasteiger partial charge in [0.15, 0.2) is 0 Å². The van der Waals surface area contributed by atoms with Crippen LogP contribution in [0, 0.1) is 0 Å². The molecule has 0 unspecified atom stereocenters. The molecule has 3 aromatic carbocycles. The van der Waals surface area contributed by atoms with Crippen LogP contribution >= 0.6 is 0 Å². The molecule has 1 saturated heterocycles. The van der Waals surface area contributed by atoms with Crippen molar-refractivity contribution in [2.75, 3.05) is 13.2 Å². The fourth-order valence-corrected chi connectivity index (χ4v) is 8.32. The highest BCUT2D eigenvalue weighted by atomic mass is 16.5. The summed E-state index contributed by atoms with van der Waals surface area (Å²) in [5.41, 5.74) is 1.02. The van der Waals surface area contributed by atoms with E-state index in [0.29, 0.717) is 17.9 Å². The first-order chi connectivity index (χ1) is 27.8. The Morgan fingerprint density at radius 3 is 1.16 bits per heavy atom. The molecule has 0 aliphatic carbocycles. The Hall–Kier alpha value is -3.35. The van der Waals surface area contributed by atoms with Gasteiger partial charge in [-0.1, -0.05) is 167 Å². The summed E-state index contributed by atoms with van der Waals surface area (Å²) in [5, 5.41) is 15.3. The van der Waals surface area contributed by atoms with Gasteiger partial charge < -0.3 is 14.2 Å². The van der Waals surface area contributed by atoms with Gasteiger partial charge in [-0.25, -0.2) is 4.79 Å². The maximum absolute atomic E-state index is 14.1. The van der Waals surface area contributed by atoms with Crippen LogP contribution in [-0.4, -0.2) is 24.2 Å². The lowest BCUT2D eigenvalue weighted by Gasteiger charge is -2.37. The highest BCUT2D eigenvalue weighted by molar-refractivity contribution is 5.91. The minimum Gasteiger partial charge on any atom is -0.494 e. The monoisotopic (exact) mass is 783 g/mol. The molecule has 0 saturated carbocycles. The molecule has 3 aromatic rings. The van der Waals surface area contributed by atoms with Crippen molar-refractivity contribution < 1.29 is 24.2 Å². The van der Waals surface area contributed by atoms with Gasteiger partial charge in [0.25, 0.3) is 0 Å². The largest absolute Gasteiger partial charge is 0.494 e. The van der Waals surface area contributed by atoms with E-state index in [2.05, 4.69) is 13.8 Å². The number of nitrogens with zero attached hydrogens (tertiary/aromatic N) is 1. The highest BCUT2D eigenvalue weighted by Crippen LogP contribution is 2.51. The van der Waals surface area contributed by atoms with Crippen molar-refractivity contribution in [2.24, 2.45) is 0 Å². The van der Waals surface area contributed by atoms with E-state index in [1.54, 1.807) is 24.3 Å². The topological polar surface area (TPSA) is 67.9 Å². The van der Waals surface area contributed by atoms with E-state index in [0.717, 1.165) is 54.9 Å². The molecule has 1 fully saturated rings. The number of hydrogen-bond donors (Lipinski definition) is 0. The number of benzene rings is 3. The Labute approximate surface area is 347 Å². The number of hydrogen-bond acceptors (Lipinski definition) is 5. The number of ether oxygens (including phenoxy) is 3. The lowest BCUT2D eigenvalue weighted by molar-refractivity contribution is -0.260. The van der Waals surface area contributed by atoms with E-state index >= 15 is 0 Å². The fourth-order valence-electron chi connectivity index (χ4n) is 8.32. The smallest absolute Gasteiger partial charge is 0.343 e. The zero-order chi connectivity index (χ0) is 40.6. The summed E-state index contributed by atoms with van der Waals surface area (Å²) < 4.78 is 17.7. The zero-order valence-corrected chi connectivity index (χ0v) is 36.3. The average Bonchev–Trinajstić information content (AvgIpc) is 3.48. The van der Waals surface area contributed by atoms with Crippen LogP contribution in [0.25, 0.3) is 0 Å². The third-order valence-corrected chi connectivity index (χ3v) is 12.3. The van der Waals surface area contributed by atoms with E-state index < -0.39 is 17.0 Å². The predicted molar refractivity (Wildman–Crippen MR) is 235 cm³/mol. The van der Waals surface area contributed by atoms with Gasteiger partial charge >= 0.3 is 5.97 Å². The molecule has 0 aromatic heterocycles. The second-order valence-corrected chi connectivity index (χ2v) is 17.1. The van der Waals surface area contributed by atoms with E-state index in [1.807, 2.05) is 62.4 Å². The van der Waals surface area contributed by atoms with Crippen LogP contribution in [0.15, 0.2) is 72.8 Å². The van der Waals surface area contributed by atoms with E-state index in [9.17, 15) is 10.0 Å². The lowest BCUT2D eigenvalue weighted by Crippen LogP contribution is -2.44. The van der Waals surface area contributed by atoms with Crippen molar-refractivity contribution in [3.05, 3.63) is 89.5 Å². The summed E-state index contributed by atoms with van der Waals surface area (Å²) in [7, 11) is 0. The Kier molecular flexibility index (Phi) is 21.1. The van der Waals surface area contributed by atoms with Crippen molar-refractivity contribution >= 4 is 5.97 Å². The second kappa shape index (κ2) is 25.9. The molecule has 0 amide bonds. The van der Waals surface area contributed by atoms with Crippen LogP contribution in [-0.2, 0) is 16.3 Å². The summed E-state index contributed by atoms with van der Waals surface area (Å²) in [6.45, 7) is 10.0. The summed E-state index contributed by atoms with van der Waals surface area (Å²) in [4.78, 5) is 13.0. The fraction of sp³-hybridized carbons (Fsp3) is 0.627. The SMILES string of the molecule is CCCCCCCCCCCCCOc1ccc(C(=O)Oc2ccc([C@]3(C)CC[C@@](C)(c4ccc(OCCCCCCCCCCCCC)cc4)N3[O])cc2)cc1. The maximum Gasteiger partial charge on any atom is 0.343 e. The molecule has 0 spiro atoms. The molecule has 6 heteroatoms. The van der Waals surface area contributed by atoms with E-state index in [-0.39, 0.29) is 0 Å². The lowest BCUT2D eigenvalue weighted by atomic mass is 9.89. The van der Waals surface area contributed by atoms with Gasteiger partial charge in [0.2, 0.25) is 0 Å². The van der Waals surface area contributed by atoms with Crippen molar-refractivity contribution in [1.82, 2.24) is 5.06 Å². The molecule has 1 aliphatic heterocycles. The number of carbonyl (C=O) groups excluding carboxylic acids is 1. The third-order valence-electron chi connectivity index (χ3n) is 12.3. The Morgan fingerprint density at radius 1 is 0.474 bits per heavy atom. The van der Waals surface area contributed by atoms with Gasteiger partial charge in [-0.15, -0.1) is 10.3 Å². The van der Waals surface area contributed by atoms with Crippen molar-refractivity contribution in [3.63, 3.8) is 0 Å². The zero-order valence-electron chi connectivity index (χ0n) is 36.3. The Morgan fingerprint density at radius 2 is 0.789 bits per heavy atom. The molecular weight excluding hydrogens is 707 g/mol. The van der Waals surface area contributed by atoms with Gasteiger partial charge in [-0.2, -0.15) is 0 Å². The molecule has 4 rings (SSSR count). The summed E-state index contributed by atoms with van der Waals surface area (Å²) in [6.07, 6.45) is 30.3. The summed E-state index contributed by atoms with van der Waals surface area (Å²) >= 11 is 0. The number of hydroxylamine groups is 2. The quantitative estimate of drug-likeness (QED) is 0.0383. The predicted octanol–water partition coefficient (Wildman–Crippen LogP) is 14.9. The van der Waals surface area contributed by atoms with E-state index in [4.69, 9.17) is 14.2 Å². The molecule has 1 radical (unpaired) electrons. The normalized spacial score (nSPS) is 18.2. The first-order valence-electron chi connectivity index (χ1n) is 23.1. The third kappa shape index (κ3) is 15.4. The van der Waals surface area contributed by atoms with Crippen LogP contribution in [0.2, 0.25) is 0 Å². The van der Waals surface area contributed by atoms with Crippen molar-refractivity contribution in [3.8, 4) is 17.2 Å². The van der Waals surface area contributed by atoms with Gasteiger partial charge in [0.1, 0.15) is 17.2 Å². The first-order valence-corrected chi connectivity index (χ1v) is 23.1. The molecule has 315 valence electrons. The Bertz CT molecular complexity index is 1510.